The molecule has 0 saturated heterocycles. The molecule has 0 aromatic heterocycles. The maximum Gasteiger partial charge on any atom is 0.119 e. The Bertz CT molecular complexity index is 470. The second-order valence-electron chi connectivity index (χ2n) is 6.41. The zero-order valence-corrected chi connectivity index (χ0v) is 14.0. The third-order valence-electron chi connectivity index (χ3n) is 4.50. The Kier molecular flexibility index (Phi) is 5.28. The lowest BCUT2D eigenvalue weighted by Crippen LogP contribution is -2.42. The van der Waals surface area contributed by atoms with Gasteiger partial charge in [0.2, 0.25) is 0 Å². The van der Waals surface area contributed by atoms with Crippen molar-refractivity contribution in [3.05, 3.63) is 29.3 Å². The van der Waals surface area contributed by atoms with Gasteiger partial charge in [0.05, 0.1) is 24.9 Å². The first-order valence-electron chi connectivity index (χ1n) is 8.08. The fourth-order valence-electron chi connectivity index (χ4n) is 2.98. The highest BCUT2D eigenvalue weighted by Crippen LogP contribution is 2.36. The van der Waals surface area contributed by atoms with Gasteiger partial charge in [-0.3, -0.25) is 0 Å². The summed E-state index contributed by atoms with van der Waals surface area (Å²) in [6, 6.07) is 6.68. The Morgan fingerprint density at radius 2 is 2.05 bits per heavy atom. The van der Waals surface area contributed by atoms with E-state index < -0.39 is 0 Å². The van der Waals surface area contributed by atoms with E-state index in [9.17, 15) is 0 Å². The zero-order chi connectivity index (χ0) is 15.5. The lowest BCUT2D eigenvalue weighted by atomic mass is 9.84. The van der Waals surface area contributed by atoms with E-state index in [1.54, 1.807) is 7.11 Å². The molecule has 0 fully saturated rings. The van der Waals surface area contributed by atoms with Gasteiger partial charge in [-0.15, -0.1) is 0 Å². The number of hydrogen-bond donors (Lipinski definition) is 1. The van der Waals surface area contributed by atoms with Crippen molar-refractivity contribution in [1.82, 2.24) is 5.32 Å². The molecule has 0 spiro atoms. The Hall–Kier alpha value is -1.06. The monoisotopic (exact) mass is 291 g/mol. The average Bonchev–Trinajstić information content (AvgIpc) is 2.49. The molecule has 0 saturated carbocycles. The third kappa shape index (κ3) is 3.78. The Morgan fingerprint density at radius 1 is 1.29 bits per heavy atom. The highest BCUT2D eigenvalue weighted by molar-refractivity contribution is 5.40. The molecule has 3 heteroatoms. The van der Waals surface area contributed by atoms with Gasteiger partial charge in [0, 0.05) is 0 Å². The van der Waals surface area contributed by atoms with Crippen LogP contribution >= 0.6 is 0 Å². The number of benzene rings is 1. The number of nitrogens with one attached hydrogen (secondary N) is 1. The predicted octanol–water partition coefficient (Wildman–Crippen LogP) is 3.87. The summed E-state index contributed by atoms with van der Waals surface area (Å²) >= 11 is 0. The molecule has 1 N–H and O–H groups in total. The van der Waals surface area contributed by atoms with Gasteiger partial charge in [0.25, 0.3) is 0 Å². The van der Waals surface area contributed by atoms with Gasteiger partial charge < -0.3 is 14.8 Å². The minimum atomic E-state index is -0.0672. The summed E-state index contributed by atoms with van der Waals surface area (Å²) in [4.78, 5) is 0. The van der Waals surface area contributed by atoms with Gasteiger partial charge in [-0.25, -0.2) is 0 Å². The molecule has 0 amide bonds. The van der Waals surface area contributed by atoms with Crippen molar-refractivity contribution < 1.29 is 9.47 Å². The smallest absolute Gasteiger partial charge is 0.119 e. The maximum absolute atomic E-state index is 6.41. The third-order valence-corrected chi connectivity index (χ3v) is 4.50. The van der Waals surface area contributed by atoms with Crippen molar-refractivity contribution in [3.8, 4) is 5.75 Å². The average molecular weight is 291 g/mol. The topological polar surface area (TPSA) is 30.5 Å². The van der Waals surface area contributed by atoms with Crippen LogP contribution in [0.2, 0.25) is 0 Å². The molecular weight excluding hydrogens is 262 g/mol. The number of likely N-dealkylation sites (N-methyl/N-ethyl adjacent to an activating group) is 1. The Morgan fingerprint density at radius 3 is 2.67 bits per heavy atom. The van der Waals surface area contributed by atoms with Crippen LogP contribution in [0.15, 0.2) is 18.2 Å². The van der Waals surface area contributed by atoms with Crippen LogP contribution in [0, 0.1) is 0 Å². The fraction of sp³-hybridized carbons (Fsp3) is 0.667. The summed E-state index contributed by atoms with van der Waals surface area (Å²) in [5.41, 5.74) is 2.68. The number of aryl methyl sites for hydroxylation is 1. The van der Waals surface area contributed by atoms with Crippen molar-refractivity contribution in [1.29, 1.82) is 0 Å². The molecule has 0 heterocycles. The van der Waals surface area contributed by atoms with Gasteiger partial charge in [0.1, 0.15) is 5.75 Å². The van der Waals surface area contributed by atoms with Crippen molar-refractivity contribution in [2.75, 3.05) is 13.7 Å². The zero-order valence-electron chi connectivity index (χ0n) is 14.0. The molecule has 2 atom stereocenters. The standard InChI is InChI=1S/C18H29NO2/c1-6-18(3,4)21-16-11-8-13-12-14(20-5)9-10-15(13)17(16)19-7-2/h9-10,12,16-17,19H,6-8,11H2,1-5H3. The molecule has 0 aliphatic heterocycles. The summed E-state index contributed by atoms with van der Waals surface area (Å²) in [7, 11) is 1.72. The molecular formula is C18H29NO2. The summed E-state index contributed by atoms with van der Waals surface area (Å²) < 4.78 is 11.8. The molecule has 1 aromatic carbocycles. The second kappa shape index (κ2) is 6.80. The second-order valence-corrected chi connectivity index (χ2v) is 6.41. The van der Waals surface area contributed by atoms with E-state index in [0.717, 1.165) is 31.6 Å². The van der Waals surface area contributed by atoms with E-state index in [1.165, 1.54) is 11.1 Å². The first-order chi connectivity index (χ1) is 10.0. The molecule has 118 valence electrons. The van der Waals surface area contributed by atoms with Gasteiger partial charge in [-0.2, -0.15) is 0 Å². The molecule has 21 heavy (non-hydrogen) atoms. The normalized spacial score (nSPS) is 22.0. The van der Waals surface area contributed by atoms with Crippen LogP contribution in [0.3, 0.4) is 0 Å². The van der Waals surface area contributed by atoms with E-state index in [0.29, 0.717) is 0 Å². The van der Waals surface area contributed by atoms with Gasteiger partial charge in [0.15, 0.2) is 0 Å². The lowest BCUT2D eigenvalue weighted by molar-refractivity contribution is -0.0936. The molecule has 1 aromatic rings. The summed E-state index contributed by atoms with van der Waals surface area (Å²) in [5, 5.41) is 3.61. The summed E-state index contributed by atoms with van der Waals surface area (Å²) in [5.74, 6) is 0.942. The predicted molar refractivity (Wildman–Crippen MR) is 87.0 cm³/mol. The van der Waals surface area contributed by atoms with E-state index in [4.69, 9.17) is 9.47 Å². The first-order valence-corrected chi connectivity index (χ1v) is 8.08. The van der Waals surface area contributed by atoms with E-state index in [1.807, 2.05) is 0 Å². The van der Waals surface area contributed by atoms with E-state index in [-0.39, 0.29) is 17.7 Å². The van der Waals surface area contributed by atoms with Crippen LogP contribution in [0.5, 0.6) is 5.75 Å². The Labute approximate surface area is 129 Å². The van der Waals surface area contributed by atoms with Crippen molar-refractivity contribution in [2.45, 2.75) is 64.7 Å². The van der Waals surface area contributed by atoms with Gasteiger partial charge in [-0.1, -0.05) is 19.9 Å². The van der Waals surface area contributed by atoms with E-state index in [2.05, 4.69) is 51.2 Å². The molecule has 1 aliphatic carbocycles. The highest BCUT2D eigenvalue weighted by Gasteiger charge is 2.33. The lowest BCUT2D eigenvalue weighted by Gasteiger charge is -2.39. The number of methoxy groups -OCH3 is 1. The minimum Gasteiger partial charge on any atom is -0.497 e. The minimum absolute atomic E-state index is 0.0672. The molecule has 0 radical (unpaired) electrons. The van der Waals surface area contributed by atoms with Crippen LogP contribution in [-0.4, -0.2) is 25.4 Å². The van der Waals surface area contributed by atoms with Crippen LogP contribution in [0.25, 0.3) is 0 Å². The van der Waals surface area contributed by atoms with Gasteiger partial charge >= 0.3 is 0 Å². The fourth-order valence-corrected chi connectivity index (χ4v) is 2.98. The summed E-state index contributed by atoms with van der Waals surface area (Å²) in [6.45, 7) is 9.64. The van der Waals surface area contributed by atoms with Crippen LogP contribution in [0.4, 0.5) is 0 Å². The van der Waals surface area contributed by atoms with Crippen LogP contribution in [-0.2, 0) is 11.2 Å². The SMILES string of the molecule is CCNC1c2ccc(OC)cc2CCC1OC(C)(C)CC. The molecule has 3 nitrogen and oxygen atoms in total. The molecule has 1 aliphatic rings. The quantitative estimate of drug-likeness (QED) is 0.863. The molecule has 2 rings (SSSR count). The van der Waals surface area contributed by atoms with Gasteiger partial charge in [-0.05, 0) is 62.9 Å². The Balaban J connectivity index is 2.26. The van der Waals surface area contributed by atoms with E-state index >= 15 is 0 Å². The largest absolute Gasteiger partial charge is 0.497 e. The summed E-state index contributed by atoms with van der Waals surface area (Å²) in [6.07, 6.45) is 3.37. The highest BCUT2D eigenvalue weighted by atomic mass is 16.5. The van der Waals surface area contributed by atoms with Crippen LogP contribution < -0.4 is 10.1 Å². The number of ether oxygens (including phenoxy) is 2. The molecule has 2 unspecified atom stereocenters. The van der Waals surface area contributed by atoms with Crippen LogP contribution in [0.1, 0.15) is 57.7 Å². The number of fused-ring (bicyclic) bond motifs is 1. The number of hydrogen-bond acceptors (Lipinski definition) is 3. The van der Waals surface area contributed by atoms with Crippen molar-refractivity contribution in [2.24, 2.45) is 0 Å². The van der Waals surface area contributed by atoms with Crippen molar-refractivity contribution in [3.63, 3.8) is 0 Å². The first kappa shape index (κ1) is 16.3. The molecule has 0 bridgehead atoms. The van der Waals surface area contributed by atoms with Crippen molar-refractivity contribution >= 4 is 0 Å². The maximum atomic E-state index is 6.41. The number of rotatable bonds is 6.